The van der Waals surface area contributed by atoms with E-state index >= 15 is 0 Å². The molecule has 0 spiro atoms. The summed E-state index contributed by atoms with van der Waals surface area (Å²) in [5.74, 6) is 0.169. The van der Waals surface area contributed by atoms with Crippen LogP contribution in [0.5, 0.6) is 5.75 Å². The number of benzene rings is 2. The zero-order valence-electron chi connectivity index (χ0n) is 11.2. The molecule has 6 heteroatoms. The van der Waals surface area contributed by atoms with Crippen molar-refractivity contribution in [2.45, 2.75) is 6.92 Å². The lowest BCUT2D eigenvalue weighted by atomic mass is 10.1. The summed E-state index contributed by atoms with van der Waals surface area (Å²) in [6.07, 6.45) is 0. The van der Waals surface area contributed by atoms with Crippen molar-refractivity contribution in [2.24, 2.45) is 0 Å². The molecule has 5 nitrogen and oxygen atoms in total. The number of halogens is 1. The maximum absolute atomic E-state index is 13.4. The van der Waals surface area contributed by atoms with Gasteiger partial charge in [0.05, 0.1) is 5.69 Å². The van der Waals surface area contributed by atoms with Gasteiger partial charge in [-0.1, -0.05) is 5.16 Å². The van der Waals surface area contributed by atoms with E-state index in [9.17, 15) is 9.50 Å². The Morgan fingerprint density at radius 1 is 1.14 bits per heavy atom. The topological polar surface area (TPSA) is 85.2 Å². The molecule has 0 unspecified atom stereocenters. The largest absolute Gasteiger partial charge is 0.506 e. The second-order valence-corrected chi connectivity index (χ2v) is 4.71. The maximum Gasteiger partial charge on any atom is 0.258 e. The van der Waals surface area contributed by atoms with Gasteiger partial charge in [0.25, 0.3) is 5.89 Å². The van der Waals surface area contributed by atoms with Crippen LogP contribution >= 0.6 is 0 Å². The van der Waals surface area contributed by atoms with Gasteiger partial charge < -0.3 is 15.4 Å². The van der Waals surface area contributed by atoms with Crippen molar-refractivity contribution >= 4 is 5.69 Å². The van der Waals surface area contributed by atoms with Crippen LogP contribution in [-0.4, -0.2) is 15.2 Å². The highest BCUT2D eigenvalue weighted by atomic mass is 19.1. The average molecular weight is 285 g/mol. The Morgan fingerprint density at radius 2 is 1.95 bits per heavy atom. The summed E-state index contributed by atoms with van der Waals surface area (Å²) in [5.41, 5.74) is 7.73. The molecule has 106 valence electrons. The van der Waals surface area contributed by atoms with Gasteiger partial charge in [0.1, 0.15) is 11.6 Å². The first-order chi connectivity index (χ1) is 10.0. The van der Waals surface area contributed by atoms with Crippen molar-refractivity contribution in [2.75, 3.05) is 5.73 Å². The molecule has 1 heterocycles. The second kappa shape index (κ2) is 4.90. The van der Waals surface area contributed by atoms with E-state index in [1.165, 1.54) is 24.3 Å². The molecule has 0 saturated heterocycles. The molecule has 0 saturated carbocycles. The minimum Gasteiger partial charge on any atom is -0.506 e. The Bertz CT molecular complexity index is 794. The van der Waals surface area contributed by atoms with Crippen LogP contribution in [-0.2, 0) is 0 Å². The van der Waals surface area contributed by atoms with Crippen LogP contribution in [0.4, 0.5) is 10.1 Å². The summed E-state index contributed by atoms with van der Waals surface area (Å²) in [4.78, 5) is 4.22. The van der Waals surface area contributed by atoms with Crippen LogP contribution < -0.4 is 5.73 Å². The highest BCUT2D eigenvalue weighted by Gasteiger charge is 2.12. The second-order valence-electron chi connectivity index (χ2n) is 4.71. The summed E-state index contributed by atoms with van der Waals surface area (Å²) in [5, 5.41) is 13.2. The number of phenolic OH excluding ortho intramolecular Hbond substituents is 1. The summed E-state index contributed by atoms with van der Waals surface area (Å²) in [6.45, 7) is 1.79. The van der Waals surface area contributed by atoms with Crippen LogP contribution in [0.3, 0.4) is 0 Å². The number of hydrogen-bond acceptors (Lipinski definition) is 5. The molecule has 0 amide bonds. The van der Waals surface area contributed by atoms with Crippen molar-refractivity contribution in [1.29, 1.82) is 0 Å². The number of aromatic hydroxyl groups is 1. The third-order valence-corrected chi connectivity index (χ3v) is 3.00. The number of nitrogen functional groups attached to an aromatic ring is 1. The third kappa shape index (κ3) is 2.55. The molecule has 0 aliphatic carbocycles. The molecule has 0 bridgehead atoms. The molecule has 3 rings (SSSR count). The Kier molecular flexibility index (Phi) is 3.06. The lowest BCUT2D eigenvalue weighted by Gasteiger charge is -1.99. The Morgan fingerprint density at radius 3 is 2.67 bits per heavy atom. The number of anilines is 1. The molecule has 0 aliphatic rings. The third-order valence-electron chi connectivity index (χ3n) is 3.00. The molecular weight excluding hydrogens is 273 g/mol. The number of rotatable bonds is 2. The van der Waals surface area contributed by atoms with Crippen molar-refractivity contribution in [1.82, 2.24) is 10.1 Å². The monoisotopic (exact) mass is 285 g/mol. The molecule has 3 aromatic rings. The number of nitrogens with zero attached hydrogens (tertiary/aromatic N) is 2. The molecule has 1 aromatic heterocycles. The fourth-order valence-corrected chi connectivity index (χ4v) is 2.01. The highest BCUT2D eigenvalue weighted by Crippen LogP contribution is 2.28. The average Bonchev–Trinajstić information content (AvgIpc) is 2.90. The Hall–Kier alpha value is -2.89. The minimum atomic E-state index is -0.356. The van der Waals surface area contributed by atoms with Crippen molar-refractivity contribution in [3.63, 3.8) is 0 Å². The molecule has 3 N–H and O–H groups in total. The van der Waals surface area contributed by atoms with Crippen molar-refractivity contribution in [3.05, 3.63) is 47.8 Å². The van der Waals surface area contributed by atoms with E-state index in [0.29, 0.717) is 17.0 Å². The standard InChI is InChI=1S/C15H12FN3O2/c1-8-4-10(6-11(16)5-8)14-18-15(21-19-14)9-2-3-13(20)12(17)7-9/h2-7,20H,17H2,1H3. The number of aromatic nitrogens is 2. The summed E-state index contributed by atoms with van der Waals surface area (Å²) in [6, 6.07) is 9.12. The zero-order valence-corrected chi connectivity index (χ0v) is 11.2. The van der Waals surface area contributed by atoms with E-state index in [-0.39, 0.29) is 23.1 Å². The molecule has 0 radical (unpaired) electrons. The molecule has 0 fully saturated rings. The molecular formula is C15H12FN3O2. The molecule has 2 aromatic carbocycles. The first-order valence-corrected chi connectivity index (χ1v) is 6.23. The van der Waals surface area contributed by atoms with E-state index < -0.39 is 0 Å². The van der Waals surface area contributed by atoms with Gasteiger partial charge in [-0.2, -0.15) is 4.98 Å². The van der Waals surface area contributed by atoms with Crippen LogP contribution in [0.15, 0.2) is 40.9 Å². The lowest BCUT2D eigenvalue weighted by molar-refractivity contribution is 0.432. The predicted molar refractivity (Wildman–Crippen MR) is 75.9 cm³/mol. The van der Waals surface area contributed by atoms with Crippen LogP contribution in [0.25, 0.3) is 22.8 Å². The smallest absolute Gasteiger partial charge is 0.258 e. The summed E-state index contributed by atoms with van der Waals surface area (Å²) >= 11 is 0. The van der Waals surface area contributed by atoms with Gasteiger partial charge in [0.2, 0.25) is 5.82 Å². The molecule has 0 atom stereocenters. The van der Waals surface area contributed by atoms with E-state index in [4.69, 9.17) is 10.3 Å². The number of aryl methyl sites for hydroxylation is 1. The normalized spacial score (nSPS) is 10.8. The van der Waals surface area contributed by atoms with E-state index in [1.54, 1.807) is 19.1 Å². The van der Waals surface area contributed by atoms with Crippen molar-refractivity contribution in [3.8, 4) is 28.6 Å². The van der Waals surface area contributed by atoms with Gasteiger partial charge in [0.15, 0.2) is 0 Å². The van der Waals surface area contributed by atoms with Crippen LogP contribution in [0.2, 0.25) is 0 Å². The quantitative estimate of drug-likeness (QED) is 0.558. The number of hydrogen-bond donors (Lipinski definition) is 2. The molecule has 21 heavy (non-hydrogen) atoms. The van der Waals surface area contributed by atoms with Gasteiger partial charge in [-0.3, -0.25) is 0 Å². The van der Waals surface area contributed by atoms with Gasteiger partial charge in [-0.25, -0.2) is 4.39 Å². The van der Waals surface area contributed by atoms with Gasteiger partial charge in [-0.15, -0.1) is 0 Å². The van der Waals surface area contributed by atoms with Gasteiger partial charge >= 0.3 is 0 Å². The van der Waals surface area contributed by atoms with E-state index in [2.05, 4.69) is 10.1 Å². The van der Waals surface area contributed by atoms with Gasteiger partial charge in [0, 0.05) is 11.1 Å². The predicted octanol–water partition coefficient (Wildman–Crippen LogP) is 3.14. The maximum atomic E-state index is 13.4. The summed E-state index contributed by atoms with van der Waals surface area (Å²) in [7, 11) is 0. The zero-order chi connectivity index (χ0) is 15.0. The first kappa shape index (κ1) is 13.1. The fourth-order valence-electron chi connectivity index (χ4n) is 2.01. The summed E-state index contributed by atoms with van der Waals surface area (Å²) < 4.78 is 18.6. The number of nitrogens with two attached hydrogens (primary N) is 1. The molecule has 0 aliphatic heterocycles. The van der Waals surface area contributed by atoms with Crippen LogP contribution in [0.1, 0.15) is 5.56 Å². The SMILES string of the molecule is Cc1cc(F)cc(-c2noc(-c3ccc(O)c(N)c3)n2)c1. The first-order valence-electron chi connectivity index (χ1n) is 6.23. The Balaban J connectivity index is 2.01. The van der Waals surface area contributed by atoms with Crippen LogP contribution in [0, 0.1) is 12.7 Å². The van der Waals surface area contributed by atoms with Crippen molar-refractivity contribution < 1.29 is 14.0 Å². The van der Waals surface area contributed by atoms with E-state index in [0.717, 1.165) is 5.56 Å². The minimum absolute atomic E-state index is 0.0146. The number of phenols is 1. The highest BCUT2D eigenvalue weighted by molar-refractivity contribution is 5.66. The van der Waals surface area contributed by atoms with Gasteiger partial charge in [-0.05, 0) is 48.9 Å². The van der Waals surface area contributed by atoms with E-state index in [1.807, 2.05) is 0 Å². The Labute approximate surface area is 119 Å². The lowest BCUT2D eigenvalue weighted by Crippen LogP contribution is -1.87. The fraction of sp³-hybridized carbons (Fsp3) is 0.0667.